The summed E-state index contributed by atoms with van der Waals surface area (Å²) < 4.78 is 0. The molecule has 0 saturated carbocycles. The van der Waals surface area contributed by atoms with Crippen molar-refractivity contribution < 1.29 is 0 Å². The van der Waals surface area contributed by atoms with Gasteiger partial charge in [0.1, 0.15) is 0 Å². The molecule has 1 nitrogen and oxygen atoms in total. The zero-order valence-electron chi connectivity index (χ0n) is 35.5. The molecule has 55 heavy (non-hydrogen) atoms. The first-order chi connectivity index (χ1) is 25.7. The van der Waals surface area contributed by atoms with Crippen LogP contribution in [0.2, 0.25) is 0 Å². The topological polar surface area (TPSA) is 3.24 Å². The molecule has 0 fully saturated rings. The van der Waals surface area contributed by atoms with E-state index in [9.17, 15) is 0 Å². The summed E-state index contributed by atoms with van der Waals surface area (Å²) in [6.45, 7) is 30.7. The van der Waals surface area contributed by atoms with Crippen molar-refractivity contribution >= 4 is 17.1 Å². The van der Waals surface area contributed by atoms with Crippen molar-refractivity contribution in [2.75, 3.05) is 4.90 Å². The molecule has 8 rings (SSSR count). The molecule has 0 atom stereocenters. The first-order valence-electron chi connectivity index (χ1n) is 20.3. The number of anilines is 3. The lowest BCUT2D eigenvalue weighted by Gasteiger charge is -2.34. The van der Waals surface area contributed by atoms with E-state index in [4.69, 9.17) is 0 Å². The number of rotatable bonds is 4. The van der Waals surface area contributed by atoms with Gasteiger partial charge in [0, 0.05) is 27.8 Å². The molecule has 0 aliphatic heterocycles. The number of benzene rings is 6. The highest BCUT2D eigenvalue weighted by Crippen LogP contribution is 2.56. The molecular formula is C54H59N. The highest BCUT2D eigenvalue weighted by atomic mass is 15.1. The Balaban J connectivity index is 1.36. The van der Waals surface area contributed by atoms with Crippen LogP contribution in [0.5, 0.6) is 0 Å². The van der Waals surface area contributed by atoms with Gasteiger partial charge in [-0.1, -0.05) is 181 Å². The molecule has 280 valence electrons. The van der Waals surface area contributed by atoms with Crippen molar-refractivity contribution in [2.45, 2.75) is 117 Å². The zero-order chi connectivity index (χ0) is 39.5. The second-order valence-corrected chi connectivity index (χ2v) is 20.3. The van der Waals surface area contributed by atoms with Gasteiger partial charge in [-0.3, -0.25) is 0 Å². The van der Waals surface area contributed by atoms with E-state index in [1.807, 2.05) is 0 Å². The van der Waals surface area contributed by atoms with Gasteiger partial charge in [0.25, 0.3) is 0 Å². The fourth-order valence-corrected chi connectivity index (χ4v) is 9.53. The summed E-state index contributed by atoms with van der Waals surface area (Å²) in [5.41, 5.74) is 21.1. The lowest BCUT2D eigenvalue weighted by atomic mass is 9.71. The summed E-state index contributed by atoms with van der Waals surface area (Å²) in [7, 11) is 0. The molecule has 6 aromatic carbocycles. The van der Waals surface area contributed by atoms with Crippen molar-refractivity contribution in [1.29, 1.82) is 0 Å². The van der Waals surface area contributed by atoms with Gasteiger partial charge >= 0.3 is 0 Å². The quantitative estimate of drug-likeness (QED) is 0.175. The summed E-state index contributed by atoms with van der Waals surface area (Å²) in [6, 6.07) is 46.5. The van der Waals surface area contributed by atoms with Crippen LogP contribution in [0.4, 0.5) is 17.1 Å². The second kappa shape index (κ2) is 12.3. The minimum absolute atomic E-state index is 0.0269. The molecule has 0 aromatic heterocycles. The third-order valence-electron chi connectivity index (χ3n) is 12.7. The van der Waals surface area contributed by atoms with Crippen LogP contribution >= 0.6 is 0 Å². The summed E-state index contributed by atoms with van der Waals surface area (Å²) in [5.74, 6) is 0. The van der Waals surface area contributed by atoms with Crippen LogP contribution in [-0.2, 0) is 27.1 Å². The van der Waals surface area contributed by atoms with Crippen LogP contribution in [0.1, 0.15) is 129 Å². The van der Waals surface area contributed by atoms with Crippen molar-refractivity contribution in [2.24, 2.45) is 0 Å². The molecule has 0 bridgehead atoms. The predicted octanol–water partition coefficient (Wildman–Crippen LogP) is 15.3. The maximum absolute atomic E-state index is 2.53. The average molecular weight is 722 g/mol. The minimum atomic E-state index is -0.101. The average Bonchev–Trinajstić information content (AvgIpc) is 3.50. The summed E-state index contributed by atoms with van der Waals surface area (Å²) >= 11 is 0. The van der Waals surface area contributed by atoms with E-state index >= 15 is 0 Å². The Bertz CT molecular complexity index is 2430. The molecule has 0 radical (unpaired) electrons. The van der Waals surface area contributed by atoms with E-state index in [1.165, 1.54) is 83.7 Å². The molecule has 0 heterocycles. The normalized spacial score (nSPS) is 15.3. The first-order valence-corrected chi connectivity index (χ1v) is 20.3. The monoisotopic (exact) mass is 721 g/mol. The Morgan fingerprint density at radius 1 is 0.400 bits per heavy atom. The number of fused-ring (bicyclic) bond motifs is 6. The maximum atomic E-state index is 2.53. The molecule has 0 spiro atoms. The summed E-state index contributed by atoms with van der Waals surface area (Å²) in [4.78, 5) is 2.53. The fourth-order valence-electron chi connectivity index (χ4n) is 9.53. The Hall–Kier alpha value is -4.88. The number of hydrogen-bond acceptors (Lipinski definition) is 1. The van der Waals surface area contributed by atoms with Crippen LogP contribution in [0.25, 0.3) is 33.4 Å². The van der Waals surface area contributed by atoms with Gasteiger partial charge in [0.05, 0.1) is 5.69 Å². The summed E-state index contributed by atoms with van der Waals surface area (Å²) in [6.07, 6.45) is 0. The van der Waals surface area contributed by atoms with Crippen molar-refractivity contribution in [3.63, 3.8) is 0 Å². The second-order valence-electron chi connectivity index (χ2n) is 20.3. The van der Waals surface area contributed by atoms with Gasteiger partial charge < -0.3 is 4.90 Å². The Morgan fingerprint density at radius 2 is 0.891 bits per heavy atom. The molecule has 2 aliphatic rings. The Morgan fingerprint density at radius 3 is 1.47 bits per heavy atom. The van der Waals surface area contributed by atoms with Gasteiger partial charge in [-0.2, -0.15) is 0 Å². The van der Waals surface area contributed by atoms with Gasteiger partial charge in [-0.15, -0.1) is 0 Å². The lowest BCUT2D eigenvalue weighted by molar-refractivity contribution is 0.550. The molecule has 2 aliphatic carbocycles. The van der Waals surface area contributed by atoms with Crippen LogP contribution in [0.15, 0.2) is 121 Å². The maximum Gasteiger partial charge on any atom is 0.0543 e. The highest BCUT2D eigenvalue weighted by molar-refractivity contribution is 5.96. The molecule has 0 saturated heterocycles. The van der Waals surface area contributed by atoms with E-state index in [2.05, 4.69) is 216 Å². The molecular weight excluding hydrogens is 663 g/mol. The standard InChI is InChI=1S/C54H59N/c1-50(2,3)35-31-45(51(4,5)6)48(46(32-35)52(7,8)9)34-25-27-36(28-26-34)55(37-29-30-39-38-19-14-16-21-41(38)54(12,13)44(39)33-37)47-24-18-23-43-49(47)40-20-15-17-22-42(40)53(43,10)11/h14-33H,1-13H3. The third kappa shape index (κ3) is 5.89. The Labute approximate surface area is 331 Å². The number of nitrogens with zero attached hydrogens (tertiary/aromatic N) is 1. The molecule has 0 unspecified atom stereocenters. The largest absolute Gasteiger partial charge is 0.310 e. The van der Waals surface area contributed by atoms with Gasteiger partial charge in [0.2, 0.25) is 0 Å². The van der Waals surface area contributed by atoms with Crippen molar-refractivity contribution in [3.8, 4) is 33.4 Å². The van der Waals surface area contributed by atoms with Gasteiger partial charge in [0.15, 0.2) is 0 Å². The lowest BCUT2D eigenvalue weighted by Crippen LogP contribution is -2.23. The molecule has 0 amide bonds. The van der Waals surface area contributed by atoms with E-state index in [1.54, 1.807) is 0 Å². The van der Waals surface area contributed by atoms with Crippen LogP contribution < -0.4 is 4.90 Å². The Kier molecular flexibility index (Phi) is 8.30. The highest BCUT2D eigenvalue weighted by Gasteiger charge is 2.39. The fraction of sp³-hybridized carbons (Fsp3) is 0.333. The van der Waals surface area contributed by atoms with E-state index in [0.29, 0.717) is 0 Å². The van der Waals surface area contributed by atoms with Crippen LogP contribution in [0, 0.1) is 0 Å². The van der Waals surface area contributed by atoms with E-state index < -0.39 is 0 Å². The first kappa shape index (κ1) is 37.1. The third-order valence-corrected chi connectivity index (χ3v) is 12.7. The minimum Gasteiger partial charge on any atom is -0.310 e. The zero-order valence-corrected chi connectivity index (χ0v) is 35.5. The SMILES string of the molecule is CC(C)(C)c1cc(C(C)(C)C)c(-c2ccc(N(c3ccc4c(c3)C(C)(C)c3ccccc3-4)c3cccc4c3-c3ccccc3C4(C)C)cc2)c(C(C)(C)C)c1. The predicted molar refractivity (Wildman–Crippen MR) is 238 cm³/mol. The van der Waals surface area contributed by atoms with E-state index in [-0.39, 0.29) is 27.1 Å². The van der Waals surface area contributed by atoms with Crippen LogP contribution in [0.3, 0.4) is 0 Å². The van der Waals surface area contributed by atoms with Gasteiger partial charge in [-0.05, 0) is 113 Å². The smallest absolute Gasteiger partial charge is 0.0543 e. The molecule has 0 N–H and O–H groups in total. The molecule has 1 heteroatoms. The molecule has 6 aromatic rings. The van der Waals surface area contributed by atoms with Gasteiger partial charge in [-0.25, -0.2) is 0 Å². The van der Waals surface area contributed by atoms with Crippen LogP contribution in [-0.4, -0.2) is 0 Å². The summed E-state index contributed by atoms with van der Waals surface area (Å²) in [5, 5.41) is 0. The van der Waals surface area contributed by atoms with Crippen molar-refractivity contribution in [3.05, 3.63) is 160 Å². The van der Waals surface area contributed by atoms with Crippen molar-refractivity contribution in [1.82, 2.24) is 0 Å². The van der Waals surface area contributed by atoms with E-state index in [0.717, 1.165) is 5.69 Å². The number of hydrogen-bond donors (Lipinski definition) is 0.